The molecule has 0 unspecified atom stereocenters. The van der Waals surface area contributed by atoms with Crippen LogP contribution in [-0.4, -0.2) is 54.3 Å². The van der Waals surface area contributed by atoms with Gasteiger partial charge in [-0.3, -0.25) is 14.5 Å². The van der Waals surface area contributed by atoms with Crippen LogP contribution in [0.2, 0.25) is 0 Å². The van der Waals surface area contributed by atoms with Gasteiger partial charge in [-0.25, -0.2) is 0 Å². The van der Waals surface area contributed by atoms with Crippen LogP contribution in [0.25, 0.3) is 0 Å². The molecule has 1 fully saturated rings. The third-order valence-corrected chi connectivity index (χ3v) is 4.51. The summed E-state index contributed by atoms with van der Waals surface area (Å²) in [6, 6.07) is 7.91. The minimum atomic E-state index is 0.0154. The van der Waals surface area contributed by atoms with E-state index in [1.807, 2.05) is 29.2 Å². The average molecular weight is 331 g/mol. The molecule has 5 nitrogen and oxygen atoms in total. The van der Waals surface area contributed by atoms with Gasteiger partial charge >= 0.3 is 0 Å². The Morgan fingerprint density at radius 3 is 2.46 bits per heavy atom. The van der Waals surface area contributed by atoms with Crippen LogP contribution in [-0.2, 0) is 16.0 Å². The van der Waals surface area contributed by atoms with Gasteiger partial charge in [0, 0.05) is 38.3 Å². The zero-order chi connectivity index (χ0) is 17.4. The van der Waals surface area contributed by atoms with Gasteiger partial charge in [0.05, 0.1) is 6.54 Å². The summed E-state index contributed by atoms with van der Waals surface area (Å²) in [5, 5.41) is 3.01. The Bertz CT molecular complexity index is 551. The van der Waals surface area contributed by atoms with Gasteiger partial charge < -0.3 is 10.2 Å². The topological polar surface area (TPSA) is 52.7 Å². The summed E-state index contributed by atoms with van der Waals surface area (Å²) >= 11 is 0. The maximum absolute atomic E-state index is 12.3. The molecule has 0 spiro atoms. The lowest BCUT2D eigenvalue weighted by molar-refractivity contribution is -0.133. The fourth-order valence-electron chi connectivity index (χ4n) is 2.98. The fourth-order valence-corrected chi connectivity index (χ4v) is 2.98. The lowest BCUT2D eigenvalue weighted by Crippen LogP contribution is -2.50. The number of piperazine rings is 1. The van der Waals surface area contributed by atoms with Gasteiger partial charge in [-0.05, 0) is 24.5 Å². The van der Waals surface area contributed by atoms with E-state index in [0.29, 0.717) is 13.0 Å². The molecule has 2 rings (SSSR count). The molecule has 1 saturated heterocycles. The SMILES string of the molecule is CCCCC(=O)N1CCN(CC(=O)Nc2ccccc2CC)CC1. The van der Waals surface area contributed by atoms with E-state index in [1.165, 1.54) is 0 Å². The zero-order valence-corrected chi connectivity index (χ0v) is 14.9. The number of para-hydroxylation sites is 1. The molecular weight excluding hydrogens is 302 g/mol. The number of hydrogen-bond donors (Lipinski definition) is 1. The average Bonchev–Trinajstić information content (AvgIpc) is 2.60. The second-order valence-electron chi connectivity index (χ2n) is 6.32. The molecule has 0 saturated carbocycles. The summed E-state index contributed by atoms with van der Waals surface area (Å²) in [5.41, 5.74) is 2.05. The van der Waals surface area contributed by atoms with E-state index in [2.05, 4.69) is 24.1 Å². The van der Waals surface area contributed by atoms with Gasteiger partial charge in [0.15, 0.2) is 0 Å². The minimum Gasteiger partial charge on any atom is -0.340 e. The first kappa shape index (κ1) is 18.5. The third-order valence-electron chi connectivity index (χ3n) is 4.51. The van der Waals surface area contributed by atoms with Gasteiger partial charge in [0.25, 0.3) is 0 Å². The van der Waals surface area contributed by atoms with E-state index in [4.69, 9.17) is 0 Å². The van der Waals surface area contributed by atoms with E-state index < -0.39 is 0 Å². The summed E-state index contributed by atoms with van der Waals surface area (Å²) in [6.07, 6.45) is 3.54. The molecule has 132 valence electrons. The molecule has 5 heteroatoms. The second-order valence-corrected chi connectivity index (χ2v) is 6.32. The van der Waals surface area contributed by atoms with Crippen LogP contribution < -0.4 is 5.32 Å². The highest BCUT2D eigenvalue weighted by molar-refractivity contribution is 5.93. The van der Waals surface area contributed by atoms with Crippen molar-refractivity contribution in [2.24, 2.45) is 0 Å². The molecule has 1 aliphatic heterocycles. The summed E-state index contributed by atoms with van der Waals surface area (Å²) in [7, 11) is 0. The standard InChI is InChI=1S/C19H29N3O2/c1-3-5-10-19(24)22-13-11-21(12-14-22)15-18(23)20-17-9-7-6-8-16(17)4-2/h6-9H,3-5,10-15H2,1-2H3,(H,20,23). The predicted octanol–water partition coefficient (Wildman–Crippen LogP) is 2.52. The lowest BCUT2D eigenvalue weighted by Gasteiger charge is -2.34. The Kier molecular flexibility index (Phi) is 7.25. The Balaban J connectivity index is 1.77. The Labute approximate surface area is 145 Å². The summed E-state index contributed by atoms with van der Waals surface area (Å²) in [6.45, 7) is 7.54. The van der Waals surface area contributed by atoms with Crippen molar-refractivity contribution in [1.29, 1.82) is 0 Å². The van der Waals surface area contributed by atoms with Crippen molar-refractivity contribution in [1.82, 2.24) is 9.80 Å². The molecule has 0 aromatic heterocycles. The molecule has 0 aliphatic carbocycles. The van der Waals surface area contributed by atoms with E-state index in [0.717, 1.165) is 56.7 Å². The van der Waals surface area contributed by atoms with Gasteiger partial charge in [-0.2, -0.15) is 0 Å². The number of rotatable bonds is 7. The Morgan fingerprint density at radius 2 is 1.79 bits per heavy atom. The van der Waals surface area contributed by atoms with Gasteiger partial charge in [-0.15, -0.1) is 0 Å². The number of nitrogens with zero attached hydrogens (tertiary/aromatic N) is 2. The highest BCUT2D eigenvalue weighted by Gasteiger charge is 2.22. The first-order valence-corrected chi connectivity index (χ1v) is 9.02. The van der Waals surface area contributed by atoms with Gasteiger partial charge in [0.1, 0.15) is 0 Å². The molecular formula is C19H29N3O2. The number of aryl methyl sites for hydroxylation is 1. The number of carbonyl (C=O) groups is 2. The van der Waals surface area contributed by atoms with Crippen LogP contribution in [0, 0.1) is 0 Å². The van der Waals surface area contributed by atoms with Crippen LogP contribution in [0.5, 0.6) is 0 Å². The first-order valence-electron chi connectivity index (χ1n) is 9.02. The predicted molar refractivity (Wildman–Crippen MR) is 97.0 cm³/mol. The van der Waals surface area contributed by atoms with Crippen molar-refractivity contribution >= 4 is 17.5 Å². The highest BCUT2D eigenvalue weighted by Crippen LogP contribution is 2.15. The molecule has 0 atom stereocenters. The maximum atomic E-state index is 12.3. The number of benzene rings is 1. The van der Waals surface area contributed by atoms with Crippen molar-refractivity contribution in [3.05, 3.63) is 29.8 Å². The molecule has 1 aromatic carbocycles. The fraction of sp³-hybridized carbons (Fsp3) is 0.579. The third kappa shape index (κ3) is 5.34. The summed E-state index contributed by atoms with van der Waals surface area (Å²) in [4.78, 5) is 28.3. The van der Waals surface area contributed by atoms with Crippen LogP contribution in [0.4, 0.5) is 5.69 Å². The van der Waals surface area contributed by atoms with Gasteiger partial charge in [0.2, 0.25) is 11.8 Å². The van der Waals surface area contributed by atoms with Gasteiger partial charge in [-0.1, -0.05) is 38.5 Å². The minimum absolute atomic E-state index is 0.0154. The van der Waals surface area contributed by atoms with Crippen molar-refractivity contribution in [2.45, 2.75) is 39.5 Å². The number of carbonyl (C=O) groups excluding carboxylic acids is 2. The Morgan fingerprint density at radius 1 is 1.08 bits per heavy atom. The van der Waals surface area contributed by atoms with E-state index in [9.17, 15) is 9.59 Å². The normalized spacial score (nSPS) is 15.3. The van der Waals surface area contributed by atoms with Crippen LogP contribution in [0.1, 0.15) is 38.7 Å². The quantitative estimate of drug-likeness (QED) is 0.835. The van der Waals surface area contributed by atoms with Crippen molar-refractivity contribution < 1.29 is 9.59 Å². The van der Waals surface area contributed by atoms with E-state index in [1.54, 1.807) is 0 Å². The molecule has 0 radical (unpaired) electrons. The molecule has 1 N–H and O–H groups in total. The van der Waals surface area contributed by atoms with Crippen molar-refractivity contribution in [2.75, 3.05) is 38.0 Å². The first-order chi connectivity index (χ1) is 11.6. The molecule has 1 aliphatic rings. The largest absolute Gasteiger partial charge is 0.340 e. The molecule has 1 aromatic rings. The number of unbranched alkanes of at least 4 members (excludes halogenated alkanes) is 1. The number of hydrogen-bond acceptors (Lipinski definition) is 3. The summed E-state index contributed by atoms with van der Waals surface area (Å²) < 4.78 is 0. The van der Waals surface area contributed by atoms with E-state index >= 15 is 0 Å². The lowest BCUT2D eigenvalue weighted by atomic mass is 10.1. The zero-order valence-electron chi connectivity index (χ0n) is 14.9. The smallest absolute Gasteiger partial charge is 0.238 e. The van der Waals surface area contributed by atoms with Crippen molar-refractivity contribution in [3.63, 3.8) is 0 Å². The molecule has 24 heavy (non-hydrogen) atoms. The number of anilines is 1. The van der Waals surface area contributed by atoms with Crippen LogP contribution in [0.3, 0.4) is 0 Å². The molecule has 1 heterocycles. The number of nitrogens with one attached hydrogen (secondary N) is 1. The van der Waals surface area contributed by atoms with Crippen LogP contribution in [0.15, 0.2) is 24.3 Å². The second kappa shape index (κ2) is 9.42. The molecule has 0 bridgehead atoms. The van der Waals surface area contributed by atoms with Crippen LogP contribution >= 0.6 is 0 Å². The van der Waals surface area contributed by atoms with Crippen molar-refractivity contribution in [3.8, 4) is 0 Å². The Hall–Kier alpha value is -1.88. The monoisotopic (exact) mass is 331 g/mol. The maximum Gasteiger partial charge on any atom is 0.238 e. The van der Waals surface area contributed by atoms with E-state index in [-0.39, 0.29) is 11.8 Å². The number of amides is 2. The highest BCUT2D eigenvalue weighted by atomic mass is 16.2. The molecule has 2 amide bonds. The summed E-state index contributed by atoms with van der Waals surface area (Å²) in [5.74, 6) is 0.263.